The molecule has 1 amide bonds. The van der Waals surface area contributed by atoms with Crippen molar-refractivity contribution in [2.45, 2.75) is 19.8 Å². The minimum atomic E-state index is 0.0382. The second-order valence-corrected chi connectivity index (χ2v) is 3.91. The van der Waals surface area contributed by atoms with E-state index < -0.39 is 0 Å². The van der Waals surface area contributed by atoms with Crippen LogP contribution in [0.15, 0.2) is 24.4 Å². The molecule has 1 aromatic heterocycles. The number of aromatic amines is 1. The lowest BCUT2D eigenvalue weighted by Gasteiger charge is -2.03. The average Bonchev–Trinajstić information content (AvgIpc) is 2.72. The first kappa shape index (κ1) is 11.5. The second-order valence-electron chi connectivity index (χ2n) is 3.91. The van der Waals surface area contributed by atoms with Gasteiger partial charge < -0.3 is 15.0 Å². The molecule has 90 valence electrons. The van der Waals surface area contributed by atoms with Gasteiger partial charge in [0, 0.05) is 23.5 Å². The van der Waals surface area contributed by atoms with Crippen LogP contribution in [0.5, 0.6) is 5.75 Å². The lowest BCUT2D eigenvalue weighted by molar-refractivity contribution is -0.116. The molecule has 0 aliphatic carbocycles. The van der Waals surface area contributed by atoms with Crippen molar-refractivity contribution in [1.29, 1.82) is 0 Å². The Balaban J connectivity index is 2.30. The molecule has 0 saturated heterocycles. The van der Waals surface area contributed by atoms with Crippen LogP contribution in [0, 0.1) is 0 Å². The summed E-state index contributed by atoms with van der Waals surface area (Å²) in [5.74, 6) is 0.819. The number of anilines is 1. The van der Waals surface area contributed by atoms with Gasteiger partial charge in [0.2, 0.25) is 5.91 Å². The molecule has 2 N–H and O–H groups in total. The van der Waals surface area contributed by atoms with Crippen LogP contribution in [0.25, 0.3) is 10.9 Å². The normalized spacial score (nSPS) is 10.5. The van der Waals surface area contributed by atoms with Gasteiger partial charge >= 0.3 is 0 Å². The third-order valence-corrected chi connectivity index (χ3v) is 2.64. The topological polar surface area (TPSA) is 54.1 Å². The molecule has 0 unspecified atom stereocenters. The van der Waals surface area contributed by atoms with Crippen LogP contribution in [0.1, 0.15) is 19.8 Å². The maximum absolute atomic E-state index is 11.6. The Labute approximate surface area is 100.0 Å². The largest absolute Gasteiger partial charge is 0.497 e. The predicted octanol–water partition coefficient (Wildman–Crippen LogP) is 2.92. The van der Waals surface area contributed by atoms with Gasteiger partial charge in [0.05, 0.1) is 12.8 Å². The smallest absolute Gasteiger partial charge is 0.224 e. The average molecular weight is 232 g/mol. The maximum Gasteiger partial charge on any atom is 0.224 e. The molecular formula is C13H16N2O2. The van der Waals surface area contributed by atoms with Crippen molar-refractivity contribution in [1.82, 2.24) is 4.98 Å². The summed E-state index contributed by atoms with van der Waals surface area (Å²) < 4.78 is 5.17. The van der Waals surface area contributed by atoms with Crippen molar-refractivity contribution in [3.8, 4) is 5.75 Å². The van der Waals surface area contributed by atoms with Gasteiger partial charge in [0.1, 0.15) is 5.75 Å². The first-order chi connectivity index (χ1) is 8.24. The summed E-state index contributed by atoms with van der Waals surface area (Å²) in [5.41, 5.74) is 1.79. The highest BCUT2D eigenvalue weighted by Gasteiger charge is 2.07. The molecule has 0 spiro atoms. The molecule has 1 heterocycles. The number of hydrogen-bond donors (Lipinski definition) is 2. The number of fused-ring (bicyclic) bond motifs is 1. The van der Waals surface area contributed by atoms with Crippen molar-refractivity contribution in [3.05, 3.63) is 24.4 Å². The van der Waals surface area contributed by atoms with Gasteiger partial charge in [-0.3, -0.25) is 4.79 Å². The predicted molar refractivity (Wildman–Crippen MR) is 68.4 cm³/mol. The number of rotatable bonds is 4. The third-order valence-electron chi connectivity index (χ3n) is 2.64. The maximum atomic E-state index is 11.6. The van der Waals surface area contributed by atoms with E-state index in [0.29, 0.717) is 6.42 Å². The zero-order valence-electron chi connectivity index (χ0n) is 10.0. The van der Waals surface area contributed by atoms with E-state index in [1.165, 1.54) is 0 Å². The van der Waals surface area contributed by atoms with E-state index in [1.54, 1.807) is 13.3 Å². The highest BCUT2D eigenvalue weighted by Crippen LogP contribution is 2.27. The molecule has 0 fully saturated rings. The Morgan fingerprint density at radius 1 is 1.47 bits per heavy atom. The van der Waals surface area contributed by atoms with E-state index >= 15 is 0 Å². The molecule has 0 saturated carbocycles. The van der Waals surface area contributed by atoms with Gasteiger partial charge in [0.15, 0.2) is 0 Å². The number of benzene rings is 1. The first-order valence-electron chi connectivity index (χ1n) is 5.69. The Hall–Kier alpha value is -1.97. The Morgan fingerprint density at radius 3 is 3.00 bits per heavy atom. The molecule has 4 nitrogen and oxygen atoms in total. The van der Waals surface area contributed by atoms with E-state index in [9.17, 15) is 4.79 Å². The van der Waals surface area contributed by atoms with Gasteiger partial charge in [-0.2, -0.15) is 0 Å². The molecule has 1 aromatic carbocycles. The van der Waals surface area contributed by atoms with E-state index in [0.717, 1.165) is 28.8 Å². The third kappa shape index (κ3) is 2.41. The van der Waals surface area contributed by atoms with E-state index in [-0.39, 0.29) is 5.91 Å². The van der Waals surface area contributed by atoms with Gasteiger partial charge in [-0.1, -0.05) is 6.92 Å². The van der Waals surface area contributed by atoms with Gasteiger partial charge in [0.25, 0.3) is 0 Å². The first-order valence-corrected chi connectivity index (χ1v) is 5.69. The number of ether oxygens (including phenoxy) is 1. The fraction of sp³-hybridized carbons (Fsp3) is 0.308. The Kier molecular flexibility index (Phi) is 3.32. The number of aromatic nitrogens is 1. The van der Waals surface area contributed by atoms with Crippen LogP contribution < -0.4 is 10.1 Å². The molecule has 0 radical (unpaired) electrons. The highest BCUT2D eigenvalue weighted by atomic mass is 16.5. The van der Waals surface area contributed by atoms with Gasteiger partial charge in [-0.05, 0) is 24.6 Å². The monoisotopic (exact) mass is 232 g/mol. The van der Waals surface area contributed by atoms with E-state index in [2.05, 4.69) is 10.3 Å². The fourth-order valence-corrected chi connectivity index (χ4v) is 1.77. The molecule has 0 aliphatic heterocycles. The SMILES string of the molecule is CCCC(=O)Nc1c[nH]c2ccc(OC)cc12. The molecule has 0 aliphatic rings. The second kappa shape index (κ2) is 4.91. The quantitative estimate of drug-likeness (QED) is 0.851. The standard InChI is InChI=1S/C13H16N2O2/c1-3-4-13(16)15-12-8-14-11-6-5-9(17-2)7-10(11)12/h5-8,14H,3-4H2,1-2H3,(H,15,16). The summed E-state index contributed by atoms with van der Waals surface area (Å²) in [6, 6.07) is 5.73. The molecule has 2 aromatic rings. The van der Waals surface area contributed by atoms with Crippen molar-refractivity contribution >= 4 is 22.5 Å². The molecule has 0 bridgehead atoms. The molecule has 2 rings (SSSR count). The summed E-state index contributed by atoms with van der Waals surface area (Å²) >= 11 is 0. The van der Waals surface area contributed by atoms with Gasteiger partial charge in [-0.15, -0.1) is 0 Å². The summed E-state index contributed by atoms with van der Waals surface area (Å²) in [5, 5.41) is 3.86. The van der Waals surface area contributed by atoms with Crippen LogP contribution >= 0.6 is 0 Å². The summed E-state index contributed by atoms with van der Waals surface area (Å²) in [7, 11) is 1.63. The fourth-order valence-electron chi connectivity index (χ4n) is 1.77. The highest BCUT2D eigenvalue weighted by molar-refractivity contribution is 6.01. The van der Waals surface area contributed by atoms with E-state index in [1.807, 2.05) is 25.1 Å². The van der Waals surface area contributed by atoms with Crippen molar-refractivity contribution in [2.75, 3.05) is 12.4 Å². The zero-order chi connectivity index (χ0) is 12.3. The molecular weight excluding hydrogens is 216 g/mol. The number of amides is 1. The number of H-pyrrole nitrogens is 1. The lowest BCUT2D eigenvalue weighted by atomic mass is 10.2. The van der Waals surface area contributed by atoms with Gasteiger partial charge in [-0.25, -0.2) is 0 Å². The summed E-state index contributed by atoms with van der Waals surface area (Å²) in [6.45, 7) is 1.98. The molecule has 0 atom stereocenters. The van der Waals surface area contributed by atoms with Crippen LogP contribution in [0.4, 0.5) is 5.69 Å². The number of carbonyl (C=O) groups excluding carboxylic acids is 1. The zero-order valence-corrected chi connectivity index (χ0v) is 10.0. The number of carbonyl (C=O) groups is 1. The number of nitrogens with one attached hydrogen (secondary N) is 2. The summed E-state index contributed by atoms with van der Waals surface area (Å²) in [6.07, 6.45) is 3.19. The number of methoxy groups -OCH3 is 1. The Morgan fingerprint density at radius 2 is 2.29 bits per heavy atom. The van der Waals surface area contributed by atoms with Crippen molar-refractivity contribution in [2.24, 2.45) is 0 Å². The Bertz CT molecular complexity index is 531. The van der Waals surface area contributed by atoms with Crippen molar-refractivity contribution < 1.29 is 9.53 Å². The molecule has 4 heteroatoms. The van der Waals surface area contributed by atoms with Crippen LogP contribution in [0.2, 0.25) is 0 Å². The van der Waals surface area contributed by atoms with Crippen molar-refractivity contribution in [3.63, 3.8) is 0 Å². The van der Waals surface area contributed by atoms with Crippen LogP contribution in [-0.2, 0) is 4.79 Å². The summed E-state index contributed by atoms with van der Waals surface area (Å²) in [4.78, 5) is 14.7. The number of hydrogen-bond acceptors (Lipinski definition) is 2. The van der Waals surface area contributed by atoms with Crippen LogP contribution in [-0.4, -0.2) is 18.0 Å². The minimum Gasteiger partial charge on any atom is -0.497 e. The minimum absolute atomic E-state index is 0.0382. The lowest BCUT2D eigenvalue weighted by Crippen LogP contribution is -2.09. The van der Waals surface area contributed by atoms with E-state index in [4.69, 9.17) is 4.74 Å². The van der Waals surface area contributed by atoms with Crippen LogP contribution in [0.3, 0.4) is 0 Å². The molecule has 17 heavy (non-hydrogen) atoms.